The van der Waals surface area contributed by atoms with E-state index in [0.717, 1.165) is 0 Å². The topological polar surface area (TPSA) is 109 Å². The van der Waals surface area contributed by atoms with Gasteiger partial charge in [0.2, 0.25) is 0 Å². The van der Waals surface area contributed by atoms with Crippen LogP contribution in [0.25, 0.3) is 0 Å². The average Bonchev–Trinajstić information content (AvgIpc) is 1.00. The molecule has 0 aromatic rings. The zero-order valence-electron chi connectivity index (χ0n) is 3.22. The van der Waals surface area contributed by atoms with Gasteiger partial charge in [-0.05, 0) is 0 Å². The molecule has 4 N–H and O–H groups in total. The van der Waals surface area contributed by atoms with Gasteiger partial charge in [-0.2, -0.15) is 0 Å². The first-order valence-corrected chi connectivity index (χ1v) is 0.866. The fourth-order valence-electron chi connectivity index (χ4n) is 0. The Morgan fingerprint density at radius 2 is 1.17 bits per heavy atom. The molecule has 0 bridgehead atoms. The normalized spacial score (nSPS) is 1.00. The Hall–Kier alpha value is 1.21. The molecule has 0 spiro atoms. The number of rotatable bonds is 0. The van der Waals surface area contributed by atoms with Crippen LogP contribution in [0.2, 0.25) is 0 Å². The maximum absolute atomic E-state index is 8.28. The van der Waals surface area contributed by atoms with E-state index in [9.17, 15) is 0 Å². The van der Waals surface area contributed by atoms with Gasteiger partial charge in [-0.3, -0.25) is 0 Å². The van der Waals surface area contributed by atoms with E-state index >= 15 is 0 Å². The van der Waals surface area contributed by atoms with Gasteiger partial charge in [0, 0.05) is 1.43 Å². The van der Waals surface area contributed by atoms with E-state index in [-0.39, 0.29) is 40.9 Å². The Morgan fingerprint density at radius 3 is 1.17 bits per heavy atom. The molecule has 0 saturated heterocycles. The summed E-state index contributed by atoms with van der Waals surface area (Å²) >= 11 is 0.611. The second-order valence-corrected chi connectivity index (χ2v) is 0. The summed E-state index contributed by atoms with van der Waals surface area (Å²) in [4.78, 5) is 0. The Kier molecular flexibility index (Phi) is 1090. The van der Waals surface area contributed by atoms with Gasteiger partial charge in [-0.25, -0.2) is 0 Å². The van der Waals surface area contributed by atoms with Gasteiger partial charge in [0.25, 0.3) is 0 Å². The Morgan fingerprint density at radius 1 is 1.17 bits per heavy atom. The van der Waals surface area contributed by atoms with Crippen LogP contribution in [0.4, 0.5) is 0 Å². The summed E-state index contributed by atoms with van der Waals surface area (Å²) in [5.74, 6) is 0. The average molecular weight is 120 g/mol. The van der Waals surface area contributed by atoms with Gasteiger partial charge in [0.15, 0.2) is 0 Å². The van der Waals surface area contributed by atoms with E-state index in [0.29, 0.717) is 21.7 Å². The van der Waals surface area contributed by atoms with Crippen LogP contribution in [0.15, 0.2) is 0 Å². The third kappa shape index (κ3) is 62.9. The molecule has 0 aliphatic heterocycles. The molecule has 0 aromatic heterocycles. The third-order valence-electron chi connectivity index (χ3n) is 0. The SMILES string of the molecule is O.[2HH].[Mg+2].[OH-].[OH-].[O]=[Mg]. The summed E-state index contributed by atoms with van der Waals surface area (Å²) < 4.78 is 8.28. The van der Waals surface area contributed by atoms with Crippen LogP contribution in [0.1, 0.15) is 1.43 Å². The maximum atomic E-state index is 8.28. The van der Waals surface area contributed by atoms with Gasteiger partial charge in [0.05, 0.1) is 0 Å². The minimum absolute atomic E-state index is 0. The summed E-state index contributed by atoms with van der Waals surface area (Å²) in [5.41, 5.74) is 0. The molecule has 6 heteroatoms. The van der Waals surface area contributed by atoms with Crippen molar-refractivity contribution in [2.75, 3.05) is 0 Å². The molecule has 6 heavy (non-hydrogen) atoms. The Labute approximate surface area is 65.6 Å². The van der Waals surface area contributed by atoms with E-state index in [1.807, 2.05) is 0 Å². The van der Waals surface area contributed by atoms with Gasteiger partial charge < -0.3 is 16.4 Å². The molecule has 0 unspecified atom stereocenters. The zero-order valence-corrected chi connectivity index (χ0v) is 6.05. The van der Waals surface area contributed by atoms with Crippen molar-refractivity contribution in [1.29, 1.82) is 0 Å². The molecule has 4 nitrogen and oxygen atoms in total. The zero-order chi connectivity index (χ0) is 2.00. The molecule has 34 valence electrons. The first-order valence-electron chi connectivity index (χ1n) is 0.289. The van der Waals surface area contributed by atoms with Crippen molar-refractivity contribution in [3.8, 4) is 0 Å². The summed E-state index contributed by atoms with van der Waals surface area (Å²) in [5, 5.41) is 0. The van der Waals surface area contributed by atoms with Crippen LogP contribution in [0.3, 0.4) is 0 Å². The molecule has 0 aliphatic carbocycles. The van der Waals surface area contributed by atoms with E-state index < -0.39 is 0 Å². The monoisotopic (exact) mass is 119 g/mol. The number of hydrogen-bond acceptors (Lipinski definition) is 3. The summed E-state index contributed by atoms with van der Waals surface area (Å²) in [6.07, 6.45) is 0. The molecule has 0 amide bonds. The van der Waals surface area contributed by atoms with Crippen molar-refractivity contribution in [3.05, 3.63) is 0 Å². The van der Waals surface area contributed by atoms with Crippen LogP contribution < -0.4 is 0 Å². The van der Waals surface area contributed by atoms with Gasteiger partial charge in [-0.1, -0.05) is 0 Å². The molecule has 0 fully saturated rings. The Bertz CT molecular complexity index is 9.65. The quantitative estimate of drug-likeness (QED) is 0.351. The van der Waals surface area contributed by atoms with Crippen molar-refractivity contribution in [1.82, 2.24) is 0 Å². The van der Waals surface area contributed by atoms with E-state index in [4.69, 9.17) is 3.17 Å². The van der Waals surface area contributed by atoms with E-state index in [1.54, 1.807) is 0 Å². The molecule has 0 heterocycles. The summed E-state index contributed by atoms with van der Waals surface area (Å²) in [6, 6.07) is 0. The standard InChI is InChI=1S/2Mg.3H2O.O.H2/h;;3*1H2;;1H/q;+2;;;;;/p-2/i;;;;;;1+1. The van der Waals surface area contributed by atoms with Crippen LogP contribution in [-0.2, 0) is 3.17 Å². The first kappa shape index (κ1) is 56.9. The fraction of sp³-hybridized carbons (Fsp3) is 0. The molecule has 0 aliphatic rings. The van der Waals surface area contributed by atoms with Crippen molar-refractivity contribution >= 4 is 44.7 Å². The van der Waals surface area contributed by atoms with Crippen LogP contribution in [0, 0.1) is 0 Å². The van der Waals surface area contributed by atoms with Crippen LogP contribution >= 0.6 is 0 Å². The van der Waals surface area contributed by atoms with Crippen molar-refractivity contribution in [2.45, 2.75) is 0 Å². The Balaban J connectivity index is -0.000000000500. The molecular formula is H6Mg2O4. The summed E-state index contributed by atoms with van der Waals surface area (Å²) in [6.45, 7) is 0. The van der Waals surface area contributed by atoms with Crippen LogP contribution in [0.5, 0.6) is 0 Å². The van der Waals surface area contributed by atoms with E-state index in [1.165, 1.54) is 0 Å². The number of hydrogen-bond donors (Lipinski definition) is 0. The minimum atomic E-state index is 0. The van der Waals surface area contributed by atoms with Crippen molar-refractivity contribution in [2.24, 2.45) is 0 Å². The fourth-order valence-corrected chi connectivity index (χ4v) is 0. The second kappa shape index (κ2) is 115. The van der Waals surface area contributed by atoms with Crippen molar-refractivity contribution < 1.29 is 21.0 Å². The third-order valence-corrected chi connectivity index (χ3v) is 0. The predicted molar refractivity (Wildman–Crippen MR) is 21.8 cm³/mol. The summed E-state index contributed by atoms with van der Waals surface area (Å²) in [7, 11) is 0. The van der Waals surface area contributed by atoms with Crippen molar-refractivity contribution in [3.63, 3.8) is 0 Å². The van der Waals surface area contributed by atoms with Gasteiger partial charge >= 0.3 is 47.9 Å². The van der Waals surface area contributed by atoms with E-state index in [2.05, 4.69) is 0 Å². The second-order valence-electron chi connectivity index (χ2n) is 0. The first-order chi connectivity index (χ1) is 1.00. The van der Waals surface area contributed by atoms with Crippen LogP contribution in [-0.4, -0.2) is 61.2 Å². The molecule has 0 aromatic carbocycles. The molecular weight excluding hydrogens is 113 g/mol. The molecule has 0 atom stereocenters. The van der Waals surface area contributed by atoms with Gasteiger partial charge in [-0.15, -0.1) is 0 Å². The molecule has 0 radical (unpaired) electrons. The van der Waals surface area contributed by atoms with Gasteiger partial charge in [0.1, 0.15) is 0 Å². The predicted octanol–water partition coefficient (Wildman–Crippen LogP) is -1.81. The molecule has 0 saturated carbocycles. The molecule has 0 rings (SSSR count).